The van der Waals surface area contributed by atoms with Crippen molar-refractivity contribution in [2.24, 2.45) is 0 Å². The minimum absolute atomic E-state index is 0.0442. The van der Waals surface area contributed by atoms with Crippen LogP contribution in [-0.4, -0.2) is 23.3 Å². The highest BCUT2D eigenvalue weighted by Gasteiger charge is 2.34. The van der Waals surface area contributed by atoms with Crippen LogP contribution >= 0.6 is 0 Å². The van der Waals surface area contributed by atoms with Crippen LogP contribution in [0.1, 0.15) is 43.4 Å². The first-order valence-electron chi connectivity index (χ1n) is 6.82. The number of aliphatic hydroxyl groups is 1. The summed E-state index contributed by atoms with van der Waals surface area (Å²) in [5.41, 5.74) is 1.59. The molecule has 3 N–H and O–H groups in total. The highest BCUT2D eigenvalue weighted by atomic mass is 16.3. The van der Waals surface area contributed by atoms with Crippen molar-refractivity contribution < 1.29 is 9.90 Å². The first kappa shape index (κ1) is 13.9. The molecule has 1 unspecified atom stereocenters. The Bertz CT molecular complexity index is 455. The average Bonchev–Trinajstić information content (AvgIpc) is 2.34. The van der Waals surface area contributed by atoms with E-state index >= 15 is 0 Å². The average molecular weight is 262 g/mol. The minimum atomic E-state index is -0.677. The van der Waals surface area contributed by atoms with E-state index in [1.165, 1.54) is 0 Å². The number of urea groups is 1. The second kappa shape index (κ2) is 5.61. The second-order valence-electron chi connectivity index (χ2n) is 5.48. The second-order valence-corrected chi connectivity index (χ2v) is 5.48. The molecule has 19 heavy (non-hydrogen) atoms. The third kappa shape index (κ3) is 3.47. The largest absolute Gasteiger partial charge is 0.388 e. The first-order chi connectivity index (χ1) is 9.00. The topological polar surface area (TPSA) is 61.4 Å². The molecule has 1 aliphatic rings. The fourth-order valence-corrected chi connectivity index (χ4v) is 2.40. The maximum atomic E-state index is 11.8. The normalized spacial score (nSPS) is 18.3. The van der Waals surface area contributed by atoms with E-state index in [-0.39, 0.29) is 12.1 Å². The van der Waals surface area contributed by atoms with Gasteiger partial charge in [-0.1, -0.05) is 24.3 Å². The number of benzene rings is 1. The number of rotatable bonds is 4. The molecule has 0 aliphatic heterocycles. The van der Waals surface area contributed by atoms with Crippen LogP contribution in [0.25, 0.3) is 0 Å². The molecule has 1 aliphatic carbocycles. The Kier molecular flexibility index (Phi) is 4.10. The summed E-state index contributed by atoms with van der Waals surface area (Å²) in [7, 11) is 0. The molecule has 0 radical (unpaired) electrons. The number of carbonyl (C=O) groups is 1. The van der Waals surface area contributed by atoms with Crippen molar-refractivity contribution in [3.63, 3.8) is 0 Å². The summed E-state index contributed by atoms with van der Waals surface area (Å²) in [6.07, 6.45) is 2.60. The monoisotopic (exact) mass is 262 g/mol. The predicted molar refractivity (Wildman–Crippen MR) is 74.9 cm³/mol. The third-order valence-electron chi connectivity index (χ3n) is 3.86. The van der Waals surface area contributed by atoms with Gasteiger partial charge in [0.15, 0.2) is 0 Å². The highest BCUT2D eigenvalue weighted by molar-refractivity contribution is 5.74. The van der Waals surface area contributed by atoms with Crippen molar-refractivity contribution in [1.82, 2.24) is 10.6 Å². The summed E-state index contributed by atoms with van der Waals surface area (Å²) in [5.74, 6) is 0. The van der Waals surface area contributed by atoms with Crippen molar-refractivity contribution in [2.75, 3.05) is 6.54 Å². The molecule has 2 amide bonds. The lowest BCUT2D eigenvalue weighted by Gasteiger charge is -2.36. The van der Waals surface area contributed by atoms with Gasteiger partial charge in [0.25, 0.3) is 0 Å². The lowest BCUT2D eigenvalue weighted by Crippen LogP contribution is -2.50. The fraction of sp³-hybridized carbons (Fsp3) is 0.533. The van der Waals surface area contributed by atoms with E-state index in [9.17, 15) is 9.90 Å². The number of hydrogen-bond acceptors (Lipinski definition) is 2. The molecule has 1 aromatic rings. The zero-order valence-corrected chi connectivity index (χ0v) is 11.6. The Labute approximate surface area is 114 Å². The van der Waals surface area contributed by atoms with Gasteiger partial charge < -0.3 is 15.7 Å². The quantitative estimate of drug-likeness (QED) is 0.779. The molecule has 0 bridgehead atoms. The number of amides is 2. The van der Waals surface area contributed by atoms with Crippen LogP contribution < -0.4 is 10.6 Å². The Hall–Kier alpha value is -1.55. The van der Waals surface area contributed by atoms with Crippen LogP contribution in [-0.2, 0) is 0 Å². The molecule has 0 spiro atoms. The van der Waals surface area contributed by atoms with Crippen molar-refractivity contribution in [2.45, 2.75) is 44.8 Å². The summed E-state index contributed by atoms with van der Waals surface area (Å²) in [6.45, 7) is 4.32. The van der Waals surface area contributed by atoms with E-state index in [4.69, 9.17) is 0 Å². The molecule has 2 rings (SSSR count). The minimum Gasteiger partial charge on any atom is -0.388 e. The molecule has 0 aromatic heterocycles. The lowest BCUT2D eigenvalue weighted by molar-refractivity contribution is -0.0290. The molecule has 4 heteroatoms. The molecule has 1 aromatic carbocycles. The van der Waals surface area contributed by atoms with Crippen molar-refractivity contribution >= 4 is 6.03 Å². The van der Waals surface area contributed by atoms with Crippen LogP contribution in [0.2, 0.25) is 0 Å². The Morgan fingerprint density at radius 3 is 2.68 bits per heavy atom. The zero-order valence-electron chi connectivity index (χ0n) is 11.6. The van der Waals surface area contributed by atoms with Gasteiger partial charge in [-0.05, 0) is 44.2 Å². The number of carbonyl (C=O) groups excluding carboxylic acids is 1. The van der Waals surface area contributed by atoms with Gasteiger partial charge >= 0.3 is 6.03 Å². The van der Waals surface area contributed by atoms with Gasteiger partial charge in [-0.2, -0.15) is 0 Å². The van der Waals surface area contributed by atoms with Crippen LogP contribution in [0.5, 0.6) is 0 Å². The SMILES string of the molecule is Cc1ccccc1C(C)NC(=O)NCC1(O)CCC1. The van der Waals surface area contributed by atoms with Gasteiger partial charge in [-0.15, -0.1) is 0 Å². The number of aryl methyl sites for hydroxylation is 1. The molecule has 104 valence electrons. The van der Waals surface area contributed by atoms with E-state index in [2.05, 4.69) is 10.6 Å². The lowest BCUT2D eigenvalue weighted by atomic mass is 9.80. The fourth-order valence-electron chi connectivity index (χ4n) is 2.40. The van der Waals surface area contributed by atoms with E-state index in [1.807, 2.05) is 38.1 Å². The van der Waals surface area contributed by atoms with Gasteiger partial charge in [0.1, 0.15) is 0 Å². The highest BCUT2D eigenvalue weighted by Crippen LogP contribution is 2.30. The molecule has 0 heterocycles. The zero-order chi connectivity index (χ0) is 13.9. The van der Waals surface area contributed by atoms with Crippen molar-refractivity contribution in [1.29, 1.82) is 0 Å². The van der Waals surface area contributed by atoms with E-state index in [0.29, 0.717) is 6.54 Å². The molecule has 1 atom stereocenters. The predicted octanol–water partition coefficient (Wildman–Crippen LogP) is 2.27. The smallest absolute Gasteiger partial charge is 0.315 e. The van der Waals surface area contributed by atoms with Gasteiger partial charge in [0, 0.05) is 6.54 Å². The maximum Gasteiger partial charge on any atom is 0.315 e. The molecule has 4 nitrogen and oxygen atoms in total. The molecular formula is C15H22N2O2. The summed E-state index contributed by atoms with van der Waals surface area (Å²) in [4.78, 5) is 11.8. The Morgan fingerprint density at radius 2 is 2.11 bits per heavy atom. The molecule has 1 fully saturated rings. The molecular weight excluding hydrogens is 240 g/mol. The van der Waals surface area contributed by atoms with Gasteiger partial charge in [0.2, 0.25) is 0 Å². The summed E-state index contributed by atoms with van der Waals surface area (Å²) in [6, 6.07) is 7.73. The van der Waals surface area contributed by atoms with Crippen LogP contribution in [0, 0.1) is 6.92 Å². The van der Waals surface area contributed by atoms with Crippen molar-refractivity contribution in [3.8, 4) is 0 Å². The molecule has 1 saturated carbocycles. The van der Waals surface area contributed by atoms with Crippen LogP contribution in [0.3, 0.4) is 0 Å². The van der Waals surface area contributed by atoms with E-state index < -0.39 is 5.60 Å². The first-order valence-corrected chi connectivity index (χ1v) is 6.82. The Balaban J connectivity index is 1.83. The number of hydrogen-bond donors (Lipinski definition) is 3. The van der Waals surface area contributed by atoms with Crippen LogP contribution in [0.15, 0.2) is 24.3 Å². The molecule has 0 saturated heterocycles. The standard InChI is InChI=1S/C15H22N2O2/c1-11-6-3-4-7-13(11)12(2)17-14(18)16-10-15(19)8-5-9-15/h3-4,6-7,12,19H,5,8-10H2,1-2H3,(H2,16,17,18). The summed E-state index contributed by atoms with van der Waals surface area (Å²) in [5, 5.41) is 15.6. The van der Waals surface area contributed by atoms with E-state index in [1.54, 1.807) is 0 Å². The van der Waals surface area contributed by atoms with Crippen LogP contribution in [0.4, 0.5) is 4.79 Å². The number of nitrogens with one attached hydrogen (secondary N) is 2. The van der Waals surface area contributed by atoms with Gasteiger partial charge in [0.05, 0.1) is 11.6 Å². The van der Waals surface area contributed by atoms with Crippen molar-refractivity contribution in [3.05, 3.63) is 35.4 Å². The van der Waals surface area contributed by atoms with Gasteiger partial charge in [-0.3, -0.25) is 0 Å². The van der Waals surface area contributed by atoms with E-state index in [0.717, 1.165) is 30.4 Å². The summed E-state index contributed by atoms with van der Waals surface area (Å²) >= 11 is 0. The summed E-state index contributed by atoms with van der Waals surface area (Å²) < 4.78 is 0. The maximum absolute atomic E-state index is 11.8. The Morgan fingerprint density at radius 1 is 1.42 bits per heavy atom. The van der Waals surface area contributed by atoms with Gasteiger partial charge in [-0.25, -0.2) is 4.79 Å². The third-order valence-corrected chi connectivity index (χ3v) is 3.86.